The van der Waals surface area contributed by atoms with Crippen molar-refractivity contribution in [2.75, 3.05) is 13.6 Å². The Balaban J connectivity index is 0. The van der Waals surface area contributed by atoms with Gasteiger partial charge >= 0.3 is 17.8 Å². The van der Waals surface area contributed by atoms with Crippen LogP contribution in [0.1, 0.15) is 13.8 Å². The summed E-state index contributed by atoms with van der Waals surface area (Å²) < 4.78 is 0. The molecule has 0 aromatic rings. The highest BCUT2D eigenvalue weighted by molar-refractivity contribution is 6.31. The molecule has 0 bridgehead atoms. The summed E-state index contributed by atoms with van der Waals surface area (Å²) in [6.45, 7) is 3.39. The van der Waals surface area contributed by atoms with Gasteiger partial charge in [-0.3, -0.25) is 9.59 Å². The number of carbonyl (C=O) groups excluding carboxylic acids is 1. The predicted octanol–water partition coefficient (Wildman–Crippen LogP) is -0.360. The smallest absolute Gasteiger partial charge is 0.394 e. The van der Waals surface area contributed by atoms with E-state index >= 15 is 0 Å². The first-order chi connectivity index (χ1) is 5.95. The Labute approximate surface area is 75.8 Å². The average Bonchev–Trinajstić information content (AvgIpc) is 2.05. The van der Waals surface area contributed by atoms with Gasteiger partial charge in [-0.2, -0.15) is 0 Å². The van der Waals surface area contributed by atoms with Crippen LogP contribution in [-0.4, -0.2) is 46.6 Å². The lowest BCUT2D eigenvalue weighted by Gasteiger charge is -2.09. The number of amides is 1. The largest absolute Gasteiger partial charge is 0.480 e. The van der Waals surface area contributed by atoms with Crippen LogP contribution >= 0.6 is 0 Å². The summed E-state index contributed by atoms with van der Waals surface area (Å²) in [4.78, 5) is 30.9. The molecule has 0 saturated heterocycles. The molecule has 76 valence electrons. The molecule has 0 aromatic heterocycles. The van der Waals surface area contributed by atoms with Gasteiger partial charge in [0, 0.05) is 7.05 Å². The third kappa shape index (κ3) is 6.79. The van der Waals surface area contributed by atoms with E-state index in [1.807, 2.05) is 13.8 Å². The van der Waals surface area contributed by atoms with Crippen LogP contribution in [0.3, 0.4) is 0 Å². The minimum Gasteiger partial charge on any atom is -0.480 e. The van der Waals surface area contributed by atoms with E-state index in [-0.39, 0.29) is 0 Å². The number of hydrogen-bond acceptors (Lipinski definition) is 3. The fourth-order valence-corrected chi connectivity index (χ4v) is 0.438. The molecule has 0 atom stereocenters. The first-order valence-electron chi connectivity index (χ1n) is 3.65. The van der Waals surface area contributed by atoms with E-state index in [0.29, 0.717) is 4.90 Å². The van der Waals surface area contributed by atoms with Crippen molar-refractivity contribution in [1.29, 1.82) is 0 Å². The Morgan fingerprint density at radius 2 is 1.54 bits per heavy atom. The maximum Gasteiger partial charge on any atom is 0.394 e. The number of likely N-dealkylation sites (N-methyl/N-ethyl adjacent to an activating group) is 1. The highest BCUT2D eigenvalue weighted by atomic mass is 16.4. The van der Waals surface area contributed by atoms with Crippen molar-refractivity contribution in [3.05, 3.63) is 0 Å². The fourth-order valence-electron chi connectivity index (χ4n) is 0.438. The molecule has 0 spiro atoms. The minimum atomic E-state index is -1.66. The standard InChI is InChI=1S/C5H7NO5.C2H6/c1-6(2-3(7)8)4(9)5(10)11;1-2/h2H2,1H3,(H,7,8)(H,10,11);1-2H3. The van der Waals surface area contributed by atoms with Crippen molar-refractivity contribution in [2.24, 2.45) is 0 Å². The van der Waals surface area contributed by atoms with Gasteiger partial charge in [0.25, 0.3) is 0 Å². The molecule has 1 amide bonds. The normalized spacial score (nSPS) is 7.92. The Kier molecular flexibility index (Phi) is 7.61. The molecular weight excluding hydrogens is 178 g/mol. The number of carboxylic acids is 2. The first kappa shape index (κ1) is 14.0. The highest BCUT2D eigenvalue weighted by Gasteiger charge is 2.18. The highest BCUT2D eigenvalue weighted by Crippen LogP contribution is 1.83. The Morgan fingerprint density at radius 1 is 1.15 bits per heavy atom. The Hall–Kier alpha value is -1.59. The summed E-state index contributed by atoms with van der Waals surface area (Å²) >= 11 is 0. The number of aliphatic carboxylic acids is 2. The zero-order valence-corrected chi connectivity index (χ0v) is 7.77. The predicted molar refractivity (Wildman–Crippen MR) is 44.3 cm³/mol. The lowest BCUT2D eigenvalue weighted by Crippen LogP contribution is -2.36. The second-order valence-corrected chi connectivity index (χ2v) is 1.86. The Bertz CT molecular complexity index is 201. The summed E-state index contributed by atoms with van der Waals surface area (Å²) in [5.74, 6) is -4.14. The number of carboxylic acid groups (broad SMARTS) is 2. The summed E-state index contributed by atoms with van der Waals surface area (Å²) in [5, 5.41) is 16.2. The van der Waals surface area contributed by atoms with Gasteiger partial charge in [0.15, 0.2) is 0 Å². The maximum absolute atomic E-state index is 10.4. The monoisotopic (exact) mass is 191 g/mol. The third-order valence-electron chi connectivity index (χ3n) is 0.902. The molecule has 13 heavy (non-hydrogen) atoms. The minimum absolute atomic E-state index is 0.602. The van der Waals surface area contributed by atoms with Crippen molar-refractivity contribution < 1.29 is 24.6 Å². The van der Waals surface area contributed by atoms with Crippen molar-refractivity contribution >= 4 is 17.8 Å². The van der Waals surface area contributed by atoms with Crippen molar-refractivity contribution in [3.63, 3.8) is 0 Å². The number of carbonyl (C=O) groups is 3. The quantitative estimate of drug-likeness (QED) is 0.581. The molecule has 0 aromatic carbocycles. The molecule has 6 heteroatoms. The molecule has 2 N–H and O–H groups in total. The molecule has 6 nitrogen and oxygen atoms in total. The van der Waals surface area contributed by atoms with E-state index < -0.39 is 24.4 Å². The molecule has 0 heterocycles. The number of nitrogens with zero attached hydrogens (tertiary/aromatic N) is 1. The van der Waals surface area contributed by atoms with Crippen LogP contribution in [0.5, 0.6) is 0 Å². The van der Waals surface area contributed by atoms with Crippen LogP contribution in [0.25, 0.3) is 0 Å². The number of rotatable bonds is 2. The van der Waals surface area contributed by atoms with Crippen LogP contribution in [0.15, 0.2) is 0 Å². The molecule has 0 aliphatic heterocycles. The van der Waals surface area contributed by atoms with Crippen LogP contribution in [0, 0.1) is 0 Å². The zero-order chi connectivity index (χ0) is 11.0. The van der Waals surface area contributed by atoms with Crippen LogP contribution in [0.4, 0.5) is 0 Å². The SMILES string of the molecule is CC.CN(CC(=O)O)C(=O)C(=O)O. The summed E-state index contributed by atoms with van der Waals surface area (Å²) in [7, 11) is 1.10. The van der Waals surface area contributed by atoms with E-state index in [1.54, 1.807) is 0 Å². The lowest BCUT2D eigenvalue weighted by atomic mass is 10.5. The topological polar surface area (TPSA) is 94.9 Å². The summed E-state index contributed by atoms with van der Waals surface area (Å²) in [6.07, 6.45) is 0. The van der Waals surface area contributed by atoms with Gasteiger partial charge in [-0.05, 0) is 0 Å². The number of hydrogen-bond donors (Lipinski definition) is 2. The molecule has 0 fully saturated rings. The van der Waals surface area contributed by atoms with Crippen molar-refractivity contribution in [3.8, 4) is 0 Å². The van der Waals surface area contributed by atoms with Gasteiger partial charge in [0.1, 0.15) is 6.54 Å². The van der Waals surface area contributed by atoms with Gasteiger partial charge in [-0.1, -0.05) is 13.8 Å². The molecule has 0 unspecified atom stereocenters. The fraction of sp³-hybridized carbons (Fsp3) is 0.571. The Morgan fingerprint density at radius 3 is 1.77 bits per heavy atom. The van der Waals surface area contributed by atoms with Gasteiger partial charge in [0.2, 0.25) is 0 Å². The molecule has 0 aliphatic rings. The summed E-state index contributed by atoms with van der Waals surface area (Å²) in [6, 6.07) is 0. The second-order valence-electron chi connectivity index (χ2n) is 1.86. The van der Waals surface area contributed by atoms with Crippen LogP contribution in [-0.2, 0) is 14.4 Å². The van der Waals surface area contributed by atoms with E-state index in [1.165, 1.54) is 0 Å². The molecular formula is C7H13NO5. The second kappa shape index (κ2) is 7.08. The van der Waals surface area contributed by atoms with Gasteiger partial charge in [0.05, 0.1) is 0 Å². The van der Waals surface area contributed by atoms with Gasteiger partial charge < -0.3 is 15.1 Å². The van der Waals surface area contributed by atoms with Crippen LogP contribution in [0.2, 0.25) is 0 Å². The zero-order valence-electron chi connectivity index (χ0n) is 7.77. The van der Waals surface area contributed by atoms with Crippen molar-refractivity contribution in [2.45, 2.75) is 13.8 Å². The summed E-state index contributed by atoms with van der Waals surface area (Å²) in [5.41, 5.74) is 0. The van der Waals surface area contributed by atoms with E-state index in [2.05, 4.69) is 0 Å². The third-order valence-corrected chi connectivity index (χ3v) is 0.902. The van der Waals surface area contributed by atoms with E-state index in [0.717, 1.165) is 7.05 Å². The lowest BCUT2D eigenvalue weighted by molar-refractivity contribution is -0.156. The first-order valence-corrected chi connectivity index (χ1v) is 3.65. The maximum atomic E-state index is 10.4. The molecule has 0 radical (unpaired) electrons. The van der Waals surface area contributed by atoms with Crippen LogP contribution < -0.4 is 0 Å². The molecule has 0 saturated carbocycles. The van der Waals surface area contributed by atoms with Crippen molar-refractivity contribution in [1.82, 2.24) is 4.90 Å². The van der Waals surface area contributed by atoms with Gasteiger partial charge in [-0.15, -0.1) is 0 Å². The molecule has 0 aliphatic carbocycles. The average molecular weight is 191 g/mol. The van der Waals surface area contributed by atoms with E-state index in [4.69, 9.17) is 10.2 Å². The molecule has 0 rings (SSSR count). The van der Waals surface area contributed by atoms with Gasteiger partial charge in [-0.25, -0.2) is 4.79 Å². The van der Waals surface area contributed by atoms with E-state index in [9.17, 15) is 14.4 Å².